The van der Waals surface area contributed by atoms with Crippen molar-refractivity contribution >= 4 is 5.96 Å². The highest BCUT2D eigenvalue weighted by molar-refractivity contribution is 5.79. The van der Waals surface area contributed by atoms with Crippen LogP contribution in [-0.4, -0.2) is 36.2 Å². The zero-order valence-corrected chi connectivity index (χ0v) is 15.7. The Kier molecular flexibility index (Phi) is 6.62. The first-order valence-corrected chi connectivity index (χ1v) is 9.17. The summed E-state index contributed by atoms with van der Waals surface area (Å²) < 4.78 is 10.6. The standard InChI is InChI=1S/C20H25N5O2/c1-3-18-24-19(27-25-18)16-8-6-15(7-9-16)10-12-22-20(21-2)23-13-11-17-5-4-14-26-17/h4-9,14H,3,10-13H2,1-2H3,(H2,21,22,23). The number of aromatic nitrogens is 2. The third-order valence-electron chi connectivity index (χ3n) is 4.16. The minimum atomic E-state index is 0.567. The van der Waals surface area contributed by atoms with Crippen LogP contribution in [0, 0.1) is 0 Å². The van der Waals surface area contributed by atoms with Crippen molar-refractivity contribution in [2.75, 3.05) is 20.1 Å². The summed E-state index contributed by atoms with van der Waals surface area (Å²) in [4.78, 5) is 8.59. The minimum Gasteiger partial charge on any atom is -0.469 e. The van der Waals surface area contributed by atoms with Gasteiger partial charge in [-0.05, 0) is 36.2 Å². The number of aliphatic imine (C=N–C) groups is 1. The van der Waals surface area contributed by atoms with Crippen LogP contribution in [0.15, 0.2) is 56.6 Å². The minimum absolute atomic E-state index is 0.567. The van der Waals surface area contributed by atoms with Crippen LogP contribution in [0.5, 0.6) is 0 Å². The first-order chi connectivity index (χ1) is 13.3. The quantitative estimate of drug-likeness (QED) is 0.470. The highest BCUT2D eigenvalue weighted by Crippen LogP contribution is 2.18. The van der Waals surface area contributed by atoms with Gasteiger partial charge < -0.3 is 19.6 Å². The SMILES string of the molecule is CCc1noc(-c2ccc(CCNC(=NC)NCCc3ccco3)cc2)n1. The van der Waals surface area contributed by atoms with E-state index in [1.807, 2.05) is 31.2 Å². The van der Waals surface area contributed by atoms with Crippen LogP contribution in [-0.2, 0) is 19.3 Å². The molecule has 0 radical (unpaired) electrons. The normalized spacial score (nSPS) is 11.6. The van der Waals surface area contributed by atoms with Crippen LogP contribution in [0.2, 0.25) is 0 Å². The number of guanidine groups is 1. The Hall–Kier alpha value is -3.09. The van der Waals surface area contributed by atoms with Crippen LogP contribution < -0.4 is 10.6 Å². The average molecular weight is 367 g/mol. The molecule has 0 atom stereocenters. The van der Waals surface area contributed by atoms with Gasteiger partial charge in [-0.25, -0.2) is 0 Å². The molecule has 0 amide bonds. The molecule has 3 aromatic rings. The van der Waals surface area contributed by atoms with E-state index in [0.29, 0.717) is 5.89 Å². The second-order valence-corrected chi connectivity index (χ2v) is 6.07. The van der Waals surface area contributed by atoms with E-state index in [4.69, 9.17) is 8.94 Å². The van der Waals surface area contributed by atoms with Gasteiger partial charge in [-0.2, -0.15) is 4.98 Å². The average Bonchev–Trinajstić information content (AvgIpc) is 3.39. The van der Waals surface area contributed by atoms with Crippen LogP contribution in [0.25, 0.3) is 11.5 Å². The maximum atomic E-state index is 5.32. The number of aryl methyl sites for hydroxylation is 1. The first kappa shape index (κ1) is 18.7. The molecule has 0 fully saturated rings. The van der Waals surface area contributed by atoms with Crippen LogP contribution in [0.1, 0.15) is 24.1 Å². The maximum absolute atomic E-state index is 5.32. The lowest BCUT2D eigenvalue weighted by atomic mass is 10.1. The van der Waals surface area contributed by atoms with E-state index in [-0.39, 0.29) is 0 Å². The van der Waals surface area contributed by atoms with Crippen molar-refractivity contribution in [3.05, 3.63) is 59.8 Å². The van der Waals surface area contributed by atoms with E-state index in [1.54, 1.807) is 13.3 Å². The van der Waals surface area contributed by atoms with E-state index in [9.17, 15) is 0 Å². The molecule has 3 rings (SSSR count). The molecule has 2 heterocycles. The number of hydrogen-bond donors (Lipinski definition) is 2. The van der Waals surface area contributed by atoms with Gasteiger partial charge in [0.15, 0.2) is 11.8 Å². The van der Waals surface area contributed by atoms with Crippen molar-refractivity contribution < 1.29 is 8.94 Å². The zero-order chi connectivity index (χ0) is 18.9. The molecule has 7 nitrogen and oxygen atoms in total. The highest BCUT2D eigenvalue weighted by Gasteiger charge is 2.07. The first-order valence-electron chi connectivity index (χ1n) is 9.17. The summed E-state index contributed by atoms with van der Waals surface area (Å²) in [5, 5.41) is 10.5. The predicted octanol–water partition coefficient (Wildman–Crippen LogP) is 2.84. The van der Waals surface area contributed by atoms with Gasteiger partial charge in [0.1, 0.15) is 5.76 Å². The highest BCUT2D eigenvalue weighted by atomic mass is 16.5. The lowest BCUT2D eigenvalue weighted by molar-refractivity contribution is 0.423. The number of hydrogen-bond acceptors (Lipinski definition) is 5. The van der Waals surface area contributed by atoms with Gasteiger partial charge in [0, 0.05) is 38.5 Å². The molecule has 0 aliphatic rings. The lowest BCUT2D eigenvalue weighted by Gasteiger charge is -2.11. The Morgan fingerprint density at radius 3 is 2.48 bits per heavy atom. The van der Waals surface area contributed by atoms with Gasteiger partial charge in [-0.3, -0.25) is 4.99 Å². The fourth-order valence-electron chi connectivity index (χ4n) is 2.63. The molecule has 0 aliphatic carbocycles. The van der Waals surface area contributed by atoms with Gasteiger partial charge in [-0.1, -0.05) is 24.2 Å². The fourth-order valence-corrected chi connectivity index (χ4v) is 2.63. The molecule has 0 spiro atoms. The Balaban J connectivity index is 1.42. The van der Waals surface area contributed by atoms with Crippen molar-refractivity contribution in [2.45, 2.75) is 26.2 Å². The van der Waals surface area contributed by atoms with Gasteiger partial charge in [0.2, 0.25) is 0 Å². The number of nitrogens with one attached hydrogen (secondary N) is 2. The molecule has 2 N–H and O–H groups in total. The summed E-state index contributed by atoms with van der Waals surface area (Å²) in [7, 11) is 1.77. The van der Waals surface area contributed by atoms with Crippen LogP contribution in [0.4, 0.5) is 0 Å². The van der Waals surface area contributed by atoms with Crippen molar-refractivity contribution in [1.29, 1.82) is 0 Å². The van der Waals surface area contributed by atoms with Crippen LogP contribution >= 0.6 is 0 Å². The number of benzene rings is 1. The molecule has 0 aliphatic heterocycles. The fraction of sp³-hybridized carbons (Fsp3) is 0.350. The van der Waals surface area contributed by atoms with Crippen molar-refractivity contribution in [1.82, 2.24) is 20.8 Å². The molecule has 142 valence electrons. The molecular formula is C20H25N5O2. The summed E-state index contributed by atoms with van der Waals surface area (Å²) >= 11 is 0. The third-order valence-corrected chi connectivity index (χ3v) is 4.16. The summed E-state index contributed by atoms with van der Waals surface area (Å²) in [5.41, 5.74) is 2.17. The molecule has 0 bridgehead atoms. The second kappa shape index (κ2) is 9.56. The molecule has 2 aromatic heterocycles. The predicted molar refractivity (Wildman–Crippen MR) is 105 cm³/mol. The Bertz CT molecular complexity index is 838. The summed E-state index contributed by atoms with van der Waals surface area (Å²) in [6.45, 7) is 3.57. The Morgan fingerprint density at radius 2 is 1.85 bits per heavy atom. The van der Waals surface area contributed by atoms with Gasteiger partial charge in [0.25, 0.3) is 5.89 Å². The van der Waals surface area contributed by atoms with Gasteiger partial charge >= 0.3 is 0 Å². The monoisotopic (exact) mass is 367 g/mol. The number of furan rings is 1. The maximum Gasteiger partial charge on any atom is 0.257 e. The summed E-state index contributed by atoms with van der Waals surface area (Å²) in [6.07, 6.45) is 4.17. The third kappa shape index (κ3) is 5.44. The topological polar surface area (TPSA) is 88.5 Å². The molecule has 1 aromatic carbocycles. The van der Waals surface area contributed by atoms with Crippen molar-refractivity contribution in [3.8, 4) is 11.5 Å². The van der Waals surface area contributed by atoms with Crippen molar-refractivity contribution in [2.24, 2.45) is 4.99 Å². The van der Waals surface area contributed by atoms with E-state index in [1.165, 1.54) is 5.56 Å². The molecule has 0 saturated carbocycles. The summed E-state index contributed by atoms with van der Waals surface area (Å²) in [5.74, 6) is 3.04. The number of rotatable bonds is 8. The summed E-state index contributed by atoms with van der Waals surface area (Å²) in [6, 6.07) is 12.1. The molecule has 0 unspecified atom stereocenters. The molecule has 0 saturated heterocycles. The Labute approximate surface area is 158 Å². The lowest BCUT2D eigenvalue weighted by Crippen LogP contribution is -2.39. The van der Waals surface area contributed by atoms with Crippen molar-refractivity contribution in [3.63, 3.8) is 0 Å². The second-order valence-electron chi connectivity index (χ2n) is 6.07. The smallest absolute Gasteiger partial charge is 0.257 e. The largest absolute Gasteiger partial charge is 0.469 e. The zero-order valence-electron chi connectivity index (χ0n) is 15.7. The van der Waals surface area contributed by atoms with E-state index < -0.39 is 0 Å². The molecular weight excluding hydrogens is 342 g/mol. The Morgan fingerprint density at radius 1 is 1.07 bits per heavy atom. The van der Waals surface area contributed by atoms with E-state index in [2.05, 4.69) is 37.9 Å². The van der Waals surface area contributed by atoms with Gasteiger partial charge in [0.05, 0.1) is 6.26 Å². The van der Waals surface area contributed by atoms with E-state index >= 15 is 0 Å². The van der Waals surface area contributed by atoms with E-state index in [0.717, 1.165) is 55.5 Å². The van der Waals surface area contributed by atoms with Crippen LogP contribution in [0.3, 0.4) is 0 Å². The molecule has 27 heavy (non-hydrogen) atoms. The molecule has 7 heteroatoms. The van der Waals surface area contributed by atoms with Gasteiger partial charge in [-0.15, -0.1) is 0 Å². The number of nitrogens with zero attached hydrogens (tertiary/aromatic N) is 3.